The number of nitrogens with one attached hydrogen (secondary N) is 2. The molecule has 1 aromatic carbocycles. The number of carboxylic acid groups (broad SMARTS) is 1. The summed E-state index contributed by atoms with van der Waals surface area (Å²) in [6.07, 6.45) is 3.45. The molecule has 7 heteroatoms. The van der Waals surface area contributed by atoms with E-state index in [1.165, 1.54) is 4.57 Å². The maximum absolute atomic E-state index is 12.5. The molecule has 3 rings (SSSR count). The quantitative estimate of drug-likeness (QED) is 0.795. The molecule has 0 radical (unpaired) electrons. The molecule has 0 spiro atoms. The second kappa shape index (κ2) is 5.57. The lowest BCUT2D eigenvalue weighted by Gasteiger charge is -2.34. The highest BCUT2D eigenvalue weighted by Crippen LogP contribution is 2.29. The van der Waals surface area contributed by atoms with E-state index >= 15 is 0 Å². The van der Waals surface area contributed by atoms with Crippen LogP contribution in [-0.4, -0.2) is 32.1 Å². The Bertz CT molecular complexity index is 827. The Labute approximate surface area is 132 Å². The summed E-state index contributed by atoms with van der Waals surface area (Å²) < 4.78 is 1.42. The van der Waals surface area contributed by atoms with Gasteiger partial charge in [-0.25, -0.2) is 9.59 Å². The third kappa shape index (κ3) is 2.62. The Morgan fingerprint density at radius 2 is 1.96 bits per heavy atom. The van der Waals surface area contributed by atoms with Crippen LogP contribution < -0.4 is 11.0 Å². The van der Waals surface area contributed by atoms with E-state index in [4.69, 9.17) is 0 Å². The number of carbonyl (C=O) groups is 2. The number of carbonyl (C=O) groups excluding carboxylic acids is 1. The van der Waals surface area contributed by atoms with Crippen molar-refractivity contribution in [3.8, 4) is 0 Å². The van der Waals surface area contributed by atoms with Crippen molar-refractivity contribution in [3.63, 3.8) is 0 Å². The van der Waals surface area contributed by atoms with Gasteiger partial charge in [-0.3, -0.25) is 9.36 Å². The molecule has 1 aromatic heterocycles. The summed E-state index contributed by atoms with van der Waals surface area (Å²) in [5.41, 5.74) is 0.148. The molecule has 1 aliphatic rings. The highest BCUT2D eigenvalue weighted by molar-refractivity contribution is 6.00. The zero-order valence-electron chi connectivity index (χ0n) is 12.9. The van der Waals surface area contributed by atoms with E-state index in [1.807, 2.05) is 0 Å². The molecule has 0 atom stereocenters. The van der Waals surface area contributed by atoms with E-state index in [2.05, 4.69) is 10.3 Å². The minimum Gasteiger partial charge on any atom is -0.480 e. The lowest BCUT2D eigenvalue weighted by molar-refractivity contribution is -0.145. The number of aliphatic carboxylic acids is 1. The van der Waals surface area contributed by atoms with Gasteiger partial charge in [0.2, 0.25) is 0 Å². The van der Waals surface area contributed by atoms with Gasteiger partial charge in [0, 0.05) is 12.6 Å². The molecule has 23 heavy (non-hydrogen) atoms. The SMILES string of the molecule is Cn1c(=O)[nH]c2ccc(C(=O)NC3(C(=O)O)CCCCC3)cc21. The standard InChI is InChI=1S/C16H19N3O4/c1-19-12-9-10(5-6-11(12)17-15(19)23)13(20)18-16(14(21)22)7-3-2-4-8-16/h5-6,9H,2-4,7-8H2,1H3,(H,17,23)(H,18,20)(H,21,22). The summed E-state index contributed by atoms with van der Waals surface area (Å²) in [7, 11) is 1.61. The molecule has 122 valence electrons. The van der Waals surface area contributed by atoms with Crippen LogP contribution in [0, 0.1) is 0 Å². The van der Waals surface area contributed by atoms with Gasteiger partial charge in [0.05, 0.1) is 11.0 Å². The van der Waals surface area contributed by atoms with Crippen molar-refractivity contribution in [2.45, 2.75) is 37.6 Å². The number of hydrogen-bond acceptors (Lipinski definition) is 3. The molecule has 1 saturated carbocycles. The highest BCUT2D eigenvalue weighted by atomic mass is 16.4. The topological polar surface area (TPSA) is 104 Å². The summed E-state index contributed by atoms with van der Waals surface area (Å²) in [6.45, 7) is 0. The molecule has 0 saturated heterocycles. The van der Waals surface area contributed by atoms with Crippen LogP contribution in [0.4, 0.5) is 0 Å². The summed E-state index contributed by atoms with van der Waals surface area (Å²) in [4.78, 5) is 38.4. The first-order valence-corrected chi connectivity index (χ1v) is 7.68. The number of hydrogen-bond donors (Lipinski definition) is 3. The molecule has 0 unspecified atom stereocenters. The lowest BCUT2D eigenvalue weighted by Crippen LogP contribution is -2.55. The molecule has 0 aliphatic heterocycles. The first-order chi connectivity index (χ1) is 10.9. The van der Waals surface area contributed by atoms with Crippen molar-refractivity contribution < 1.29 is 14.7 Å². The second-order valence-corrected chi connectivity index (χ2v) is 6.12. The molecule has 1 amide bonds. The average Bonchev–Trinajstić information content (AvgIpc) is 2.82. The number of aromatic amines is 1. The van der Waals surface area contributed by atoms with Crippen LogP contribution in [0.1, 0.15) is 42.5 Å². The van der Waals surface area contributed by atoms with Gasteiger partial charge in [-0.2, -0.15) is 0 Å². The minimum atomic E-state index is -1.19. The molecule has 3 N–H and O–H groups in total. The van der Waals surface area contributed by atoms with Gasteiger partial charge in [0.1, 0.15) is 5.54 Å². The highest BCUT2D eigenvalue weighted by Gasteiger charge is 2.41. The van der Waals surface area contributed by atoms with Crippen LogP contribution in [0.2, 0.25) is 0 Å². The predicted molar refractivity (Wildman–Crippen MR) is 84.5 cm³/mol. The van der Waals surface area contributed by atoms with Crippen molar-refractivity contribution in [2.24, 2.45) is 7.05 Å². The minimum absolute atomic E-state index is 0.258. The van der Waals surface area contributed by atoms with E-state index in [1.54, 1.807) is 25.2 Å². The zero-order chi connectivity index (χ0) is 16.6. The number of imidazole rings is 1. The lowest BCUT2D eigenvalue weighted by atomic mass is 9.81. The predicted octanol–water partition coefficient (Wildman–Crippen LogP) is 1.38. The molecule has 0 bridgehead atoms. The van der Waals surface area contributed by atoms with Crippen LogP contribution >= 0.6 is 0 Å². The number of carboxylic acids is 1. The Hall–Kier alpha value is -2.57. The van der Waals surface area contributed by atoms with Crippen LogP contribution in [0.15, 0.2) is 23.0 Å². The van der Waals surface area contributed by atoms with Crippen molar-refractivity contribution in [2.75, 3.05) is 0 Å². The Morgan fingerprint density at radius 1 is 1.26 bits per heavy atom. The van der Waals surface area contributed by atoms with Gasteiger partial charge >= 0.3 is 11.7 Å². The van der Waals surface area contributed by atoms with Gasteiger partial charge in [-0.15, -0.1) is 0 Å². The molecule has 7 nitrogen and oxygen atoms in total. The summed E-state index contributed by atoms with van der Waals surface area (Å²) in [6, 6.07) is 4.84. The zero-order valence-corrected chi connectivity index (χ0v) is 12.9. The average molecular weight is 317 g/mol. The van der Waals surface area contributed by atoms with E-state index < -0.39 is 17.4 Å². The molecule has 1 heterocycles. The molecular formula is C16H19N3O4. The normalized spacial score (nSPS) is 17.1. The number of aryl methyl sites for hydroxylation is 1. The van der Waals surface area contributed by atoms with Gasteiger partial charge in [0.15, 0.2) is 0 Å². The van der Waals surface area contributed by atoms with Gasteiger partial charge in [-0.1, -0.05) is 19.3 Å². The van der Waals surface area contributed by atoms with Crippen LogP contribution in [-0.2, 0) is 11.8 Å². The Balaban J connectivity index is 1.92. The number of fused-ring (bicyclic) bond motifs is 1. The van der Waals surface area contributed by atoms with Crippen LogP contribution in [0.5, 0.6) is 0 Å². The Kier molecular flexibility index (Phi) is 3.71. The fourth-order valence-corrected chi connectivity index (χ4v) is 3.20. The largest absolute Gasteiger partial charge is 0.480 e. The first-order valence-electron chi connectivity index (χ1n) is 7.68. The fourth-order valence-electron chi connectivity index (χ4n) is 3.20. The van der Waals surface area contributed by atoms with Crippen molar-refractivity contribution in [1.29, 1.82) is 0 Å². The summed E-state index contributed by atoms with van der Waals surface area (Å²) in [5.74, 6) is -1.41. The summed E-state index contributed by atoms with van der Waals surface area (Å²) in [5, 5.41) is 12.2. The fraction of sp³-hybridized carbons (Fsp3) is 0.438. The number of rotatable bonds is 3. The molecule has 1 fully saturated rings. The van der Waals surface area contributed by atoms with E-state index in [9.17, 15) is 19.5 Å². The number of benzene rings is 1. The van der Waals surface area contributed by atoms with Crippen LogP contribution in [0.3, 0.4) is 0 Å². The smallest absolute Gasteiger partial charge is 0.329 e. The number of nitrogens with zero attached hydrogens (tertiary/aromatic N) is 1. The number of aromatic nitrogens is 2. The van der Waals surface area contributed by atoms with Gasteiger partial charge < -0.3 is 15.4 Å². The maximum atomic E-state index is 12.5. The third-order valence-electron chi connectivity index (χ3n) is 4.64. The number of H-pyrrole nitrogens is 1. The Morgan fingerprint density at radius 3 is 2.61 bits per heavy atom. The van der Waals surface area contributed by atoms with Crippen molar-refractivity contribution in [3.05, 3.63) is 34.2 Å². The summed E-state index contributed by atoms with van der Waals surface area (Å²) >= 11 is 0. The van der Waals surface area contributed by atoms with Crippen LogP contribution in [0.25, 0.3) is 11.0 Å². The second-order valence-electron chi connectivity index (χ2n) is 6.12. The monoisotopic (exact) mass is 317 g/mol. The van der Waals surface area contributed by atoms with Crippen molar-refractivity contribution >= 4 is 22.9 Å². The maximum Gasteiger partial charge on any atom is 0.329 e. The van der Waals surface area contributed by atoms with E-state index in [-0.39, 0.29) is 5.69 Å². The van der Waals surface area contributed by atoms with E-state index in [0.717, 1.165) is 19.3 Å². The van der Waals surface area contributed by atoms with Gasteiger partial charge in [0.25, 0.3) is 5.91 Å². The first kappa shape index (κ1) is 15.3. The van der Waals surface area contributed by atoms with Crippen molar-refractivity contribution in [1.82, 2.24) is 14.9 Å². The molecular weight excluding hydrogens is 298 g/mol. The van der Waals surface area contributed by atoms with Gasteiger partial charge in [-0.05, 0) is 31.0 Å². The van der Waals surface area contributed by atoms with E-state index in [0.29, 0.717) is 29.4 Å². The molecule has 2 aromatic rings. The number of amides is 1. The molecule has 1 aliphatic carbocycles. The third-order valence-corrected chi connectivity index (χ3v) is 4.64.